The molecule has 0 aromatic carbocycles. The van der Waals surface area contributed by atoms with Crippen LogP contribution in [0.25, 0.3) is 0 Å². The molecule has 0 aromatic rings. The van der Waals surface area contributed by atoms with Gasteiger partial charge in [-0.1, -0.05) is 20.3 Å². The van der Waals surface area contributed by atoms with Crippen LogP contribution in [0, 0.1) is 5.92 Å². The van der Waals surface area contributed by atoms with Crippen LogP contribution in [0.2, 0.25) is 0 Å². The summed E-state index contributed by atoms with van der Waals surface area (Å²) in [5.74, 6) is -0.458. The predicted octanol–water partition coefficient (Wildman–Crippen LogP) is 2.02. The minimum absolute atomic E-state index is 0.177. The smallest absolute Gasteiger partial charge is 0.334 e. The van der Waals surface area contributed by atoms with Crippen molar-refractivity contribution in [1.82, 2.24) is 5.48 Å². The highest BCUT2D eigenvalue weighted by molar-refractivity contribution is 6.17. The SMILES string of the molecule is CCCC(C)C(=O)ONC(=O)CCCCl. The fourth-order valence-electron chi connectivity index (χ4n) is 1.04. The van der Waals surface area contributed by atoms with Crippen molar-refractivity contribution in [2.75, 3.05) is 5.88 Å². The third kappa shape index (κ3) is 7.19. The van der Waals surface area contributed by atoms with Crippen molar-refractivity contribution in [1.29, 1.82) is 0 Å². The Balaban J connectivity index is 3.65. The van der Waals surface area contributed by atoms with Crippen LogP contribution in [-0.4, -0.2) is 17.8 Å². The molecule has 4 nitrogen and oxygen atoms in total. The Morgan fingerprint density at radius 2 is 2.13 bits per heavy atom. The third-order valence-corrected chi connectivity index (χ3v) is 2.19. The summed E-state index contributed by atoms with van der Waals surface area (Å²) in [6.07, 6.45) is 2.53. The maximum absolute atomic E-state index is 11.2. The lowest BCUT2D eigenvalue weighted by Crippen LogP contribution is -2.29. The van der Waals surface area contributed by atoms with Gasteiger partial charge in [0.2, 0.25) is 0 Å². The molecule has 0 aliphatic heterocycles. The first-order chi connectivity index (χ1) is 7.11. The largest absolute Gasteiger partial charge is 0.341 e. The van der Waals surface area contributed by atoms with E-state index >= 15 is 0 Å². The molecule has 0 aliphatic rings. The first-order valence-corrected chi connectivity index (χ1v) is 5.70. The molecule has 5 heteroatoms. The van der Waals surface area contributed by atoms with E-state index in [4.69, 9.17) is 11.6 Å². The van der Waals surface area contributed by atoms with E-state index in [0.29, 0.717) is 12.3 Å². The van der Waals surface area contributed by atoms with Gasteiger partial charge >= 0.3 is 5.97 Å². The van der Waals surface area contributed by atoms with Crippen LogP contribution in [0.4, 0.5) is 0 Å². The standard InChI is InChI=1S/C10H18ClNO3/c1-3-5-8(2)10(14)15-12-9(13)6-4-7-11/h8H,3-7H2,1-2H3,(H,12,13). The van der Waals surface area contributed by atoms with Gasteiger partial charge in [-0.25, -0.2) is 4.79 Å². The van der Waals surface area contributed by atoms with E-state index in [1.807, 2.05) is 6.92 Å². The van der Waals surface area contributed by atoms with Crippen molar-refractivity contribution >= 4 is 23.5 Å². The number of rotatable bonds is 6. The quantitative estimate of drug-likeness (QED) is 0.566. The zero-order chi connectivity index (χ0) is 11.7. The van der Waals surface area contributed by atoms with Gasteiger partial charge in [-0.05, 0) is 12.8 Å². The first kappa shape index (κ1) is 14.2. The molecular weight excluding hydrogens is 218 g/mol. The van der Waals surface area contributed by atoms with Gasteiger partial charge in [0.1, 0.15) is 0 Å². The molecule has 0 aliphatic carbocycles. The lowest BCUT2D eigenvalue weighted by atomic mass is 10.1. The Morgan fingerprint density at radius 3 is 2.67 bits per heavy atom. The van der Waals surface area contributed by atoms with Crippen LogP contribution in [0.1, 0.15) is 39.5 Å². The highest BCUT2D eigenvalue weighted by Crippen LogP contribution is 2.06. The fourth-order valence-corrected chi connectivity index (χ4v) is 1.17. The fraction of sp³-hybridized carbons (Fsp3) is 0.800. The lowest BCUT2D eigenvalue weighted by molar-refractivity contribution is -0.162. The van der Waals surface area contributed by atoms with Crippen LogP contribution in [0.3, 0.4) is 0 Å². The third-order valence-electron chi connectivity index (χ3n) is 1.93. The molecule has 0 heterocycles. The molecule has 0 bridgehead atoms. The average Bonchev–Trinajstić information content (AvgIpc) is 2.23. The van der Waals surface area contributed by atoms with Gasteiger partial charge in [-0.3, -0.25) is 4.79 Å². The minimum atomic E-state index is -0.393. The van der Waals surface area contributed by atoms with E-state index in [2.05, 4.69) is 10.3 Å². The van der Waals surface area contributed by atoms with Crippen LogP contribution >= 0.6 is 11.6 Å². The topological polar surface area (TPSA) is 55.4 Å². The van der Waals surface area contributed by atoms with E-state index in [9.17, 15) is 9.59 Å². The molecule has 0 radical (unpaired) electrons. The molecule has 1 N–H and O–H groups in total. The van der Waals surface area contributed by atoms with Gasteiger partial charge in [0, 0.05) is 12.3 Å². The molecule has 0 spiro atoms. The number of alkyl halides is 1. The molecule has 0 rings (SSSR count). The molecule has 0 aromatic heterocycles. The monoisotopic (exact) mass is 235 g/mol. The molecule has 15 heavy (non-hydrogen) atoms. The van der Waals surface area contributed by atoms with Crippen molar-refractivity contribution in [3.63, 3.8) is 0 Å². The molecule has 1 unspecified atom stereocenters. The van der Waals surface area contributed by atoms with Crippen LogP contribution < -0.4 is 5.48 Å². The van der Waals surface area contributed by atoms with Crippen LogP contribution in [0.15, 0.2) is 0 Å². The Morgan fingerprint density at radius 1 is 1.47 bits per heavy atom. The first-order valence-electron chi connectivity index (χ1n) is 5.17. The highest BCUT2D eigenvalue weighted by atomic mass is 35.5. The Kier molecular flexibility index (Phi) is 8.09. The van der Waals surface area contributed by atoms with Crippen LogP contribution in [0.5, 0.6) is 0 Å². The number of halogens is 1. The van der Waals surface area contributed by atoms with E-state index in [1.165, 1.54) is 0 Å². The average molecular weight is 236 g/mol. The number of carbonyl (C=O) groups excluding carboxylic acids is 2. The van der Waals surface area contributed by atoms with Crippen LogP contribution in [-0.2, 0) is 14.4 Å². The Bertz CT molecular complexity index is 209. The summed E-state index contributed by atoms with van der Waals surface area (Å²) < 4.78 is 0. The molecule has 1 amide bonds. The number of hydroxylamine groups is 1. The van der Waals surface area contributed by atoms with E-state index < -0.39 is 5.97 Å². The maximum Gasteiger partial charge on any atom is 0.334 e. The maximum atomic E-state index is 11.2. The Hall–Kier alpha value is -0.770. The molecule has 0 saturated carbocycles. The lowest BCUT2D eigenvalue weighted by Gasteiger charge is -2.09. The summed E-state index contributed by atoms with van der Waals surface area (Å²) in [6.45, 7) is 3.76. The number of carbonyl (C=O) groups is 2. The van der Waals surface area contributed by atoms with E-state index in [-0.39, 0.29) is 18.2 Å². The minimum Gasteiger partial charge on any atom is -0.341 e. The molecule has 88 valence electrons. The van der Waals surface area contributed by atoms with Crippen molar-refractivity contribution < 1.29 is 14.4 Å². The summed E-state index contributed by atoms with van der Waals surface area (Å²) in [7, 11) is 0. The molecular formula is C10H18ClNO3. The van der Waals surface area contributed by atoms with Gasteiger partial charge in [0.05, 0.1) is 5.92 Å². The van der Waals surface area contributed by atoms with E-state index in [1.54, 1.807) is 6.92 Å². The van der Waals surface area contributed by atoms with Gasteiger partial charge in [0.25, 0.3) is 5.91 Å². The van der Waals surface area contributed by atoms with Crippen molar-refractivity contribution in [2.24, 2.45) is 5.92 Å². The zero-order valence-electron chi connectivity index (χ0n) is 9.22. The zero-order valence-corrected chi connectivity index (χ0v) is 9.97. The second kappa shape index (κ2) is 8.53. The molecule has 0 saturated heterocycles. The van der Waals surface area contributed by atoms with Gasteiger partial charge in [-0.15, -0.1) is 11.6 Å². The summed E-state index contributed by atoms with van der Waals surface area (Å²) in [6, 6.07) is 0. The van der Waals surface area contributed by atoms with E-state index in [0.717, 1.165) is 12.8 Å². The second-order valence-electron chi connectivity index (χ2n) is 3.43. The number of hydrogen-bond donors (Lipinski definition) is 1. The highest BCUT2D eigenvalue weighted by Gasteiger charge is 2.14. The summed E-state index contributed by atoms with van der Waals surface area (Å²) in [5, 5.41) is 0. The van der Waals surface area contributed by atoms with Crippen molar-refractivity contribution in [3.8, 4) is 0 Å². The van der Waals surface area contributed by atoms with Gasteiger partial charge in [0.15, 0.2) is 0 Å². The normalized spacial score (nSPS) is 11.9. The second-order valence-corrected chi connectivity index (χ2v) is 3.81. The number of nitrogens with one attached hydrogen (secondary N) is 1. The number of amides is 1. The molecule has 0 fully saturated rings. The van der Waals surface area contributed by atoms with Gasteiger partial charge < -0.3 is 4.84 Å². The summed E-state index contributed by atoms with van der Waals surface area (Å²) >= 11 is 5.41. The Labute approximate surface area is 95.3 Å². The summed E-state index contributed by atoms with van der Waals surface area (Å²) in [4.78, 5) is 26.9. The molecule has 1 atom stereocenters. The van der Waals surface area contributed by atoms with Crippen molar-refractivity contribution in [2.45, 2.75) is 39.5 Å². The van der Waals surface area contributed by atoms with Gasteiger partial charge in [-0.2, -0.15) is 5.48 Å². The van der Waals surface area contributed by atoms with Crippen molar-refractivity contribution in [3.05, 3.63) is 0 Å². The predicted molar refractivity (Wildman–Crippen MR) is 58.3 cm³/mol. The summed E-state index contributed by atoms with van der Waals surface area (Å²) in [5.41, 5.74) is 2.11. The number of hydrogen-bond acceptors (Lipinski definition) is 3.